The molecule has 2 nitrogen and oxygen atoms in total. The second-order valence-corrected chi connectivity index (χ2v) is 5.66. The maximum atomic E-state index is 6.05. The normalized spacial score (nSPS) is 22.9. The van der Waals surface area contributed by atoms with Gasteiger partial charge >= 0.3 is 0 Å². The lowest BCUT2D eigenvalue weighted by Gasteiger charge is -2.29. The third-order valence-electron chi connectivity index (χ3n) is 3.65. The summed E-state index contributed by atoms with van der Waals surface area (Å²) in [4.78, 5) is 2.53. The van der Waals surface area contributed by atoms with E-state index in [0.29, 0.717) is 5.41 Å². The van der Waals surface area contributed by atoms with Crippen molar-refractivity contribution in [1.82, 2.24) is 4.90 Å². The van der Waals surface area contributed by atoms with Gasteiger partial charge in [0.1, 0.15) is 0 Å². The molecule has 0 saturated carbocycles. The van der Waals surface area contributed by atoms with Gasteiger partial charge in [-0.1, -0.05) is 13.8 Å². The maximum Gasteiger partial charge on any atom is 0.0226 e. The predicted molar refractivity (Wildman–Crippen MR) is 62.3 cm³/mol. The molecular weight excluding hydrogens is 172 g/mol. The molecule has 2 heteroatoms. The van der Waals surface area contributed by atoms with Gasteiger partial charge in [-0.3, -0.25) is 0 Å². The molecule has 0 aliphatic carbocycles. The van der Waals surface area contributed by atoms with Crippen molar-refractivity contribution in [3.8, 4) is 0 Å². The van der Waals surface area contributed by atoms with Crippen molar-refractivity contribution in [3.63, 3.8) is 0 Å². The summed E-state index contributed by atoms with van der Waals surface area (Å²) in [5.74, 6) is 0. The van der Waals surface area contributed by atoms with Crippen molar-refractivity contribution in [2.75, 3.05) is 19.6 Å². The highest BCUT2D eigenvalue weighted by molar-refractivity contribution is 4.90. The summed E-state index contributed by atoms with van der Waals surface area (Å²) in [5, 5.41) is 0. The summed E-state index contributed by atoms with van der Waals surface area (Å²) in [5.41, 5.74) is 6.59. The Morgan fingerprint density at radius 1 is 1.29 bits per heavy atom. The van der Waals surface area contributed by atoms with Crippen molar-refractivity contribution in [3.05, 3.63) is 0 Å². The second kappa shape index (κ2) is 4.19. The summed E-state index contributed by atoms with van der Waals surface area (Å²) >= 11 is 0. The van der Waals surface area contributed by atoms with E-state index in [1.54, 1.807) is 0 Å². The Morgan fingerprint density at radius 3 is 2.21 bits per heavy atom. The van der Waals surface area contributed by atoms with Crippen LogP contribution in [0.1, 0.15) is 47.0 Å². The van der Waals surface area contributed by atoms with E-state index in [0.717, 1.165) is 6.54 Å². The van der Waals surface area contributed by atoms with Crippen molar-refractivity contribution in [2.45, 2.75) is 52.5 Å². The van der Waals surface area contributed by atoms with Crippen molar-refractivity contribution < 1.29 is 0 Å². The van der Waals surface area contributed by atoms with Crippen molar-refractivity contribution in [2.24, 2.45) is 11.1 Å². The molecule has 0 aromatic rings. The van der Waals surface area contributed by atoms with Gasteiger partial charge < -0.3 is 10.6 Å². The monoisotopic (exact) mass is 198 g/mol. The van der Waals surface area contributed by atoms with Crippen LogP contribution in [0.25, 0.3) is 0 Å². The van der Waals surface area contributed by atoms with E-state index in [1.165, 1.54) is 32.4 Å². The molecule has 14 heavy (non-hydrogen) atoms. The molecule has 0 atom stereocenters. The molecule has 2 N–H and O–H groups in total. The van der Waals surface area contributed by atoms with Crippen molar-refractivity contribution >= 4 is 0 Å². The molecule has 0 aromatic heterocycles. The van der Waals surface area contributed by atoms with Gasteiger partial charge in [-0.25, -0.2) is 0 Å². The highest BCUT2D eigenvalue weighted by Gasteiger charge is 2.35. The Kier molecular flexibility index (Phi) is 3.59. The van der Waals surface area contributed by atoms with E-state index < -0.39 is 0 Å². The van der Waals surface area contributed by atoms with Crippen LogP contribution in [0.5, 0.6) is 0 Å². The van der Waals surface area contributed by atoms with Gasteiger partial charge in [0.15, 0.2) is 0 Å². The zero-order valence-corrected chi connectivity index (χ0v) is 10.3. The third-order valence-corrected chi connectivity index (χ3v) is 3.65. The predicted octanol–water partition coefficient (Wildman–Crippen LogP) is 2.24. The first-order chi connectivity index (χ1) is 6.41. The summed E-state index contributed by atoms with van der Waals surface area (Å²) in [6.07, 6.45) is 3.98. The third kappa shape index (κ3) is 2.96. The lowest BCUT2D eigenvalue weighted by molar-refractivity contribution is 0.215. The van der Waals surface area contributed by atoms with Crippen LogP contribution in [0.3, 0.4) is 0 Å². The number of hydrogen-bond donors (Lipinski definition) is 1. The molecule has 0 aromatic carbocycles. The molecule has 0 amide bonds. The highest BCUT2D eigenvalue weighted by atomic mass is 15.2. The zero-order chi connectivity index (χ0) is 10.8. The lowest BCUT2D eigenvalue weighted by atomic mass is 9.82. The van der Waals surface area contributed by atoms with Gasteiger partial charge in [0.2, 0.25) is 0 Å². The molecule has 1 rings (SSSR count). The van der Waals surface area contributed by atoms with Gasteiger partial charge in [0.25, 0.3) is 0 Å². The maximum absolute atomic E-state index is 6.05. The molecule has 0 bridgehead atoms. The van der Waals surface area contributed by atoms with Gasteiger partial charge in [-0.15, -0.1) is 0 Å². The first kappa shape index (κ1) is 12.0. The van der Waals surface area contributed by atoms with Crippen molar-refractivity contribution in [1.29, 1.82) is 0 Å². The molecule has 84 valence electrons. The SMILES string of the molecule is CCC1(CC)CCN(CC(C)(C)N)C1. The van der Waals surface area contributed by atoms with E-state index >= 15 is 0 Å². The Labute approximate surface area is 88.8 Å². The molecule has 1 aliphatic rings. The first-order valence-corrected chi connectivity index (χ1v) is 5.92. The Balaban J connectivity index is 2.48. The molecule has 0 spiro atoms. The molecule has 1 aliphatic heterocycles. The number of nitrogens with zero attached hydrogens (tertiary/aromatic N) is 1. The molecule has 1 heterocycles. The fourth-order valence-corrected chi connectivity index (χ4v) is 2.57. The number of rotatable bonds is 4. The average molecular weight is 198 g/mol. The van der Waals surface area contributed by atoms with E-state index in [-0.39, 0.29) is 5.54 Å². The summed E-state index contributed by atoms with van der Waals surface area (Å²) in [7, 11) is 0. The van der Waals surface area contributed by atoms with Gasteiger partial charge in [0.05, 0.1) is 0 Å². The molecule has 1 fully saturated rings. The number of nitrogens with two attached hydrogens (primary N) is 1. The van der Waals surface area contributed by atoms with Gasteiger partial charge in [-0.2, -0.15) is 0 Å². The highest BCUT2D eigenvalue weighted by Crippen LogP contribution is 2.37. The van der Waals surface area contributed by atoms with Gasteiger partial charge in [0, 0.05) is 18.6 Å². The van der Waals surface area contributed by atoms with Crippen LogP contribution in [0.4, 0.5) is 0 Å². The summed E-state index contributed by atoms with van der Waals surface area (Å²) in [6, 6.07) is 0. The van der Waals surface area contributed by atoms with Crippen LogP contribution in [0.15, 0.2) is 0 Å². The van der Waals surface area contributed by atoms with Crippen LogP contribution in [-0.4, -0.2) is 30.1 Å². The summed E-state index contributed by atoms with van der Waals surface area (Å²) in [6.45, 7) is 12.4. The van der Waals surface area contributed by atoms with Crippen LogP contribution in [-0.2, 0) is 0 Å². The smallest absolute Gasteiger partial charge is 0.0226 e. The minimum atomic E-state index is -0.0441. The largest absolute Gasteiger partial charge is 0.324 e. The van der Waals surface area contributed by atoms with Crippen LogP contribution < -0.4 is 5.73 Å². The van der Waals surface area contributed by atoms with E-state index in [1.807, 2.05) is 0 Å². The molecule has 0 unspecified atom stereocenters. The number of likely N-dealkylation sites (tertiary alicyclic amines) is 1. The average Bonchev–Trinajstić information content (AvgIpc) is 2.46. The minimum absolute atomic E-state index is 0.0441. The second-order valence-electron chi connectivity index (χ2n) is 5.66. The van der Waals surface area contributed by atoms with E-state index in [2.05, 4.69) is 32.6 Å². The summed E-state index contributed by atoms with van der Waals surface area (Å²) < 4.78 is 0. The first-order valence-electron chi connectivity index (χ1n) is 5.92. The van der Waals surface area contributed by atoms with Gasteiger partial charge in [-0.05, 0) is 45.1 Å². The standard InChI is InChI=1S/C12H26N2/c1-5-12(6-2)7-8-14(10-12)9-11(3,4)13/h5-10,13H2,1-4H3. The quantitative estimate of drug-likeness (QED) is 0.750. The Hall–Kier alpha value is -0.0800. The van der Waals surface area contributed by atoms with Crippen LogP contribution in [0.2, 0.25) is 0 Å². The van der Waals surface area contributed by atoms with Crippen LogP contribution in [0, 0.1) is 5.41 Å². The fraction of sp³-hybridized carbons (Fsp3) is 1.00. The zero-order valence-electron chi connectivity index (χ0n) is 10.3. The Bertz CT molecular complexity index is 177. The lowest BCUT2D eigenvalue weighted by Crippen LogP contribution is -2.45. The molecule has 1 saturated heterocycles. The minimum Gasteiger partial charge on any atom is -0.324 e. The Morgan fingerprint density at radius 2 is 1.86 bits per heavy atom. The topological polar surface area (TPSA) is 29.3 Å². The molecular formula is C12H26N2. The van der Waals surface area contributed by atoms with E-state index in [4.69, 9.17) is 5.73 Å². The fourth-order valence-electron chi connectivity index (χ4n) is 2.57. The van der Waals surface area contributed by atoms with E-state index in [9.17, 15) is 0 Å². The molecule has 0 radical (unpaired) electrons. The number of hydrogen-bond acceptors (Lipinski definition) is 2. The van der Waals surface area contributed by atoms with Crippen LogP contribution >= 0.6 is 0 Å².